The van der Waals surface area contributed by atoms with E-state index in [1.165, 1.54) is 25.1 Å². The van der Waals surface area contributed by atoms with E-state index in [1.54, 1.807) is 26.0 Å². The molecule has 0 aliphatic rings. The number of fused-ring (bicyclic) bond motifs is 1. The number of aromatic nitrogens is 2. The molecule has 1 aromatic heterocycles. The zero-order valence-corrected chi connectivity index (χ0v) is 16.4. The number of carbonyl (C=O) groups excluding carboxylic acids is 1. The predicted molar refractivity (Wildman–Crippen MR) is 103 cm³/mol. The molecule has 0 fully saturated rings. The Kier molecular flexibility index (Phi) is 6.97. The van der Waals surface area contributed by atoms with Crippen molar-refractivity contribution in [1.82, 2.24) is 14.9 Å². The van der Waals surface area contributed by atoms with Gasteiger partial charge in [-0.25, -0.2) is 9.78 Å². The van der Waals surface area contributed by atoms with Crippen molar-refractivity contribution in [3.63, 3.8) is 0 Å². The van der Waals surface area contributed by atoms with Crippen molar-refractivity contribution in [2.75, 3.05) is 14.2 Å². The molecule has 0 aliphatic heterocycles. The lowest BCUT2D eigenvalue weighted by Gasteiger charge is -2.17. The Morgan fingerprint density at radius 1 is 1.21 bits per heavy atom. The summed E-state index contributed by atoms with van der Waals surface area (Å²) < 4.78 is 11.9. The molecule has 0 saturated carbocycles. The Morgan fingerprint density at radius 2 is 1.86 bits per heavy atom. The quantitative estimate of drug-likeness (QED) is 0.663. The normalized spacial score (nSPS) is 12.0. The van der Waals surface area contributed by atoms with Gasteiger partial charge in [0.15, 0.2) is 11.5 Å². The van der Waals surface area contributed by atoms with Crippen LogP contribution in [0.15, 0.2) is 23.3 Å². The second kappa shape index (κ2) is 9.20. The van der Waals surface area contributed by atoms with Crippen LogP contribution in [0.25, 0.3) is 10.9 Å². The summed E-state index contributed by atoms with van der Waals surface area (Å²) in [5.41, 5.74) is 0.231. The highest BCUT2D eigenvalue weighted by atomic mass is 16.5. The number of aliphatic carboxylic acids is 1. The van der Waals surface area contributed by atoms with E-state index in [2.05, 4.69) is 10.3 Å². The van der Waals surface area contributed by atoms with E-state index in [4.69, 9.17) is 14.6 Å². The number of hydrogen-bond donors (Lipinski definition) is 2. The summed E-state index contributed by atoms with van der Waals surface area (Å²) in [5, 5.41) is 12.0. The van der Waals surface area contributed by atoms with E-state index in [1.807, 2.05) is 0 Å². The van der Waals surface area contributed by atoms with E-state index in [-0.39, 0.29) is 30.3 Å². The number of nitrogens with one attached hydrogen (secondary N) is 1. The van der Waals surface area contributed by atoms with Crippen LogP contribution in [0.4, 0.5) is 0 Å². The molecular formula is C19H25N3O6. The highest BCUT2D eigenvalue weighted by molar-refractivity contribution is 5.83. The first-order valence-corrected chi connectivity index (χ1v) is 8.91. The summed E-state index contributed by atoms with van der Waals surface area (Å²) in [6, 6.07) is 2.28. The third kappa shape index (κ3) is 4.79. The van der Waals surface area contributed by atoms with Crippen molar-refractivity contribution in [3.05, 3.63) is 28.8 Å². The SMILES string of the molecule is COc1cc2ncn(CCCC(=O)N[C@@H](C(=O)O)C(C)C)c(=O)c2cc1OC. The van der Waals surface area contributed by atoms with Crippen LogP contribution >= 0.6 is 0 Å². The number of amides is 1. The Bertz CT molecular complexity index is 922. The van der Waals surface area contributed by atoms with Gasteiger partial charge in [-0.3, -0.25) is 14.2 Å². The molecular weight excluding hydrogens is 366 g/mol. The molecule has 0 radical (unpaired) electrons. The lowest BCUT2D eigenvalue weighted by Crippen LogP contribution is -2.44. The van der Waals surface area contributed by atoms with E-state index in [0.29, 0.717) is 28.8 Å². The van der Waals surface area contributed by atoms with Gasteiger partial charge in [0.25, 0.3) is 5.56 Å². The maximum atomic E-state index is 12.7. The van der Waals surface area contributed by atoms with Crippen molar-refractivity contribution < 1.29 is 24.2 Å². The third-order valence-corrected chi connectivity index (χ3v) is 4.38. The molecule has 2 N–H and O–H groups in total. The summed E-state index contributed by atoms with van der Waals surface area (Å²) in [6.07, 6.45) is 1.90. The monoisotopic (exact) mass is 391 g/mol. The highest BCUT2D eigenvalue weighted by Crippen LogP contribution is 2.29. The lowest BCUT2D eigenvalue weighted by molar-refractivity contribution is -0.143. The standard InChI is InChI=1S/C19H25N3O6/c1-11(2)17(19(25)26)21-16(23)6-5-7-22-10-20-13-9-15(28-4)14(27-3)8-12(13)18(22)24/h8-11,17H,5-7H2,1-4H3,(H,21,23)(H,25,26)/t17-/m1/s1. The van der Waals surface area contributed by atoms with Gasteiger partial charge < -0.3 is 19.9 Å². The molecule has 9 heteroatoms. The number of carboxylic acid groups (broad SMARTS) is 1. The van der Waals surface area contributed by atoms with Crippen LogP contribution in [-0.4, -0.2) is 46.8 Å². The first-order valence-electron chi connectivity index (χ1n) is 8.91. The van der Waals surface area contributed by atoms with Crippen molar-refractivity contribution in [2.45, 2.75) is 39.3 Å². The van der Waals surface area contributed by atoms with E-state index < -0.39 is 12.0 Å². The summed E-state index contributed by atoms with van der Waals surface area (Å²) in [7, 11) is 2.99. The number of ether oxygens (including phenoxy) is 2. The average Bonchev–Trinajstić information content (AvgIpc) is 2.66. The Morgan fingerprint density at radius 3 is 2.43 bits per heavy atom. The molecule has 1 aromatic carbocycles. The molecule has 0 bridgehead atoms. The molecule has 1 amide bonds. The minimum absolute atomic E-state index is 0.104. The van der Waals surface area contributed by atoms with Crippen LogP contribution in [0, 0.1) is 5.92 Å². The topological polar surface area (TPSA) is 120 Å². The van der Waals surface area contributed by atoms with Gasteiger partial charge in [0.1, 0.15) is 6.04 Å². The highest BCUT2D eigenvalue weighted by Gasteiger charge is 2.23. The third-order valence-electron chi connectivity index (χ3n) is 4.38. The van der Waals surface area contributed by atoms with Gasteiger partial charge in [-0.05, 0) is 18.4 Å². The fourth-order valence-electron chi connectivity index (χ4n) is 2.81. The van der Waals surface area contributed by atoms with Crippen LogP contribution in [0.2, 0.25) is 0 Å². The van der Waals surface area contributed by atoms with E-state index in [9.17, 15) is 14.4 Å². The zero-order chi connectivity index (χ0) is 20.8. The largest absolute Gasteiger partial charge is 0.493 e. The van der Waals surface area contributed by atoms with Crippen LogP contribution in [0.5, 0.6) is 11.5 Å². The molecule has 2 aromatic rings. The fraction of sp³-hybridized carbons (Fsp3) is 0.474. The first kappa shape index (κ1) is 21.2. The number of aryl methyl sites for hydroxylation is 1. The first-order chi connectivity index (χ1) is 13.3. The smallest absolute Gasteiger partial charge is 0.326 e. The minimum Gasteiger partial charge on any atom is -0.493 e. The molecule has 1 heterocycles. The summed E-state index contributed by atoms with van der Waals surface area (Å²) in [5.74, 6) is -0.744. The summed E-state index contributed by atoms with van der Waals surface area (Å²) >= 11 is 0. The average molecular weight is 391 g/mol. The number of carboxylic acids is 1. The molecule has 0 unspecified atom stereocenters. The molecule has 0 spiro atoms. The second-order valence-corrected chi connectivity index (χ2v) is 6.70. The fourth-order valence-corrected chi connectivity index (χ4v) is 2.81. The number of nitrogens with zero attached hydrogens (tertiary/aromatic N) is 2. The van der Waals surface area contributed by atoms with Gasteiger partial charge in [0.2, 0.25) is 5.91 Å². The van der Waals surface area contributed by atoms with Crippen LogP contribution in [0.1, 0.15) is 26.7 Å². The Balaban J connectivity index is 2.08. The van der Waals surface area contributed by atoms with Crippen LogP contribution < -0.4 is 20.3 Å². The van der Waals surface area contributed by atoms with Gasteiger partial charge in [-0.1, -0.05) is 13.8 Å². The predicted octanol–water partition coefficient (Wildman–Crippen LogP) is 1.42. The number of hydrogen-bond acceptors (Lipinski definition) is 6. The van der Waals surface area contributed by atoms with Crippen molar-refractivity contribution >= 4 is 22.8 Å². The Hall–Kier alpha value is -3.10. The number of rotatable bonds is 9. The minimum atomic E-state index is -1.07. The van der Waals surface area contributed by atoms with Crippen LogP contribution in [-0.2, 0) is 16.1 Å². The van der Waals surface area contributed by atoms with Crippen molar-refractivity contribution in [2.24, 2.45) is 5.92 Å². The number of methoxy groups -OCH3 is 2. The number of carbonyl (C=O) groups is 2. The zero-order valence-electron chi connectivity index (χ0n) is 16.4. The molecule has 0 saturated heterocycles. The maximum Gasteiger partial charge on any atom is 0.326 e. The molecule has 28 heavy (non-hydrogen) atoms. The second-order valence-electron chi connectivity index (χ2n) is 6.70. The molecule has 2 rings (SSSR count). The van der Waals surface area contributed by atoms with Gasteiger partial charge in [0, 0.05) is 19.0 Å². The lowest BCUT2D eigenvalue weighted by atomic mass is 10.0. The summed E-state index contributed by atoms with van der Waals surface area (Å²) in [4.78, 5) is 40.1. The summed E-state index contributed by atoms with van der Waals surface area (Å²) in [6.45, 7) is 3.73. The number of benzene rings is 1. The Labute approximate surface area is 162 Å². The van der Waals surface area contributed by atoms with Gasteiger partial charge in [-0.15, -0.1) is 0 Å². The maximum absolute atomic E-state index is 12.7. The van der Waals surface area contributed by atoms with Gasteiger partial charge in [0.05, 0.1) is 31.4 Å². The van der Waals surface area contributed by atoms with E-state index in [0.717, 1.165) is 0 Å². The molecule has 9 nitrogen and oxygen atoms in total. The van der Waals surface area contributed by atoms with Crippen molar-refractivity contribution in [1.29, 1.82) is 0 Å². The van der Waals surface area contributed by atoms with E-state index >= 15 is 0 Å². The van der Waals surface area contributed by atoms with Crippen molar-refractivity contribution in [3.8, 4) is 11.5 Å². The van der Waals surface area contributed by atoms with Crippen LogP contribution in [0.3, 0.4) is 0 Å². The molecule has 1 atom stereocenters. The van der Waals surface area contributed by atoms with Gasteiger partial charge >= 0.3 is 5.97 Å². The molecule has 0 aliphatic carbocycles. The van der Waals surface area contributed by atoms with Gasteiger partial charge in [-0.2, -0.15) is 0 Å². The molecule has 152 valence electrons.